The van der Waals surface area contributed by atoms with Crippen molar-refractivity contribution in [3.05, 3.63) is 73.8 Å². The predicted molar refractivity (Wildman–Crippen MR) is 117 cm³/mol. The molecule has 0 saturated heterocycles. The number of carbonyl (C=O) groups excluding carboxylic acids is 2. The summed E-state index contributed by atoms with van der Waals surface area (Å²) in [7, 11) is 0. The number of hydrogen-bond donors (Lipinski definition) is 1. The Balaban J connectivity index is 2.35. The molecule has 160 valence electrons. The second-order valence-corrected chi connectivity index (χ2v) is 8.00. The monoisotopic (exact) mass is 451 g/mol. The van der Waals surface area contributed by atoms with Gasteiger partial charge in [0.1, 0.15) is 6.04 Å². The molecule has 1 N–H and O–H groups in total. The second kappa shape index (κ2) is 10.4. The van der Waals surface area contributed by atoms with Crippen LogP contribution in [0.2, 0.25) is 10.0 Å². The molecule has 0 aliphatic carbocycles. The molecule has 0 aliphatic heterocycles. The Bertz CT molecular complexity index is 950. The lowest BCUT2D eigenvalue weighted by Gasteiger charge is -2.29. The van der Waals surface area contributed by atoms with E-state index in [4.69, 9.17) is 23.2 Å². The number of amides is 2. The van der Waals surface area contributed by atoms with Crippen LogP contribution in [0.4, 0.5) is 5.69 Å². The zero-order valence-electron chi connectivity index (χ0n) is 16.9. The Kier molecular flexibility index (Phi) is 8.20. The molecule has 2 rings (SSSR count). The van der Waals surface area contributed by atoms with E-state index in [0.717, 1.165) is 0 Å². The number of benzene rings is 2. The lowest BCUT2D eigenvalue weighted by molar-refractivity contribution is -0.385. The van der Waals surface area contributed by atoms with Crippen molar-refractivity contribution in [3.8, 4) is 0 Å². The Morgan fingerprint density at radius 3 is 2.37 bits per heavy atom. The zero-order valence-corrected chi connectivity index (χ0v) is 18.4. The van der Waals surface area contributed by atoms with Crippen LogP contribution in [0.15, 0.2) is 42.5 Å². The highest BCUT2D eigenvalue weighted by atomic mass is 35.5. The average molecular weight is 452 g/mol. The van der Waals surface area contributed by atoms with Crippen molar-refractivity contribution in [3.63, 3.8) is 0 Å². The molecular weight excluding hydrogens is 429 g/mol. The fraction of sp³-hybridized carbons (Fsp3) is 0.333. The quantitative estimate of drug-likeness (QED) is 0.475. The Hall–Kier alpha value is -2.64. The summed E-state index contributed by atoms with van der Waals surface area (Å²) in [4.78, 5) is 37.9. The van der Waals surface area contributed by atoms with Crippen LogP contribution in [0.25, 0.3) is 0 Å². The summed E-state index contributed by atoms with van der Waals surface area (Å²) in [5.41, 5.74) is 0.743. The molecule has 2 amide bonds. The number of hydrogen-bond acceptors (Lipinski definition) is 4. The van der Waals surface area contributed by atoms with E-state index in [1.54, 1.807) is 31.2 Å². The largest absolute Gasteiger partial charge is 0.352 e. The normalized spacial score (nSPS) is 11.8. The topological polar surface area (TPSA) is 92.6 Å². The zero-order chi connectivity index (χ0) is 22.4. The summed E-state index contributed by atoms with van der Waals surface area (Å²) in [6.45, 7) is 5.31. The van der Waals surface area contributed by atoms with E-state index < -0.39 is 16.9 Å². The minimum Gasteiger partial charge on any atom is -0.352 e. The standard InChI is InChI=1S/C21H23Cl2N3O4/c1-13(2)24-21(28)14(3)25(12-16-8-9-17(22)11-18(16)23)20(27)10-15-6-4-5-7-19(15)26(29)30/h4-9,11,13-14H,10,12H2,1-3H3,(H,24,28)/t14-/m0/s1. The van der Waals surface area contributed by atoms with Crippen molar-refractivity contribution in [1.82, 2.24) is 10.2 Å². The first kappa shape index (κ1) is 23.6. The van der Waals surface area contributed by atoms with Gasteiger partial charge in [-0.15, -0.1) is 0 Å². The number of carbonyl (C=O) groups is 2. The maximum Gasteiger partial charge on any atom is 0.273 e. The van der Waals surface area contributed by atoms with Crippen LogP contribution in [-0.4, -0.2) is 33.7 Å². The van der Waals surface area contributed by atoms with Crippen molar-refractivity contribution in [2.45, 2.75) is 45.8 Å². The fourth-order valence-electron chi connectivity index (χ4n) is 2.92. The lowest BCUT2D eigenvalue weighted by atomic mass is 10.1. The lowest BCUT2D eigenvalue weighted by Crippen LogP contribution is -2.49. The van der Waals surface area contributed by atoms with Crippen LogP contribution in [0, 0.1) is 10.1 Å². The smallest absolute Gasteiger partial charge is 0.273 e. The summed E-state index contributed by atoms with van der Waals surface area (Å²) in [5.74, 6) is -0.757. The molecule has 0 aliphatic rings. The highest BCUT2D eigenvalue weighted by Gasteiger charge is 2.28. The van der Waals surface area contributed by atoms with E-state index in [-0.39, 0.29) is 36.2 Å². The molecule has 0 unspecified atom stereocenters. The number of nitro benzene ring substituents is 1. The van der Waals surface area contributed by atoms with E-state index in [1.807, 2.05) is 13.8 Å². The number of nitrogens with one attached hydrogen (secondary N) is 1. The highest BCUT2D eigenvalue weighted by molar-refractivity contribution is 6.35. The van der Waals surface area contributed by atoms with Crippen molar-refractivity contribution >= 4 is 40.7 Å². The molecule has 0 bridgehead atoms. The van der Waals surface area contributed by atoms with E-state index in [0.29, 0.717) is 15.6 Å². The van der Waals surface area contributed by atoms with Crippen molar-refractivity contribution < 1.29 is 14.5 Å². The number of halogens is 2. The second-order valence-electron chi connectivity index (χ2n) is 7.16. The van der Waals surface area contributed by atoms with Crippen LogP contribution in [-0.2, 0) is 22.6 Å². The van der Waals surface area contributed by atoms with E-state index >= 15 is 0 Å². The van der Waals surface area contributed by atoms with Crippen LogP contribution in [0.1, 0.15) is 31.9 Å². The van der Waals surface area contributed by atoms with Gasteiger partial charge in [0.15, 0.2) is 0 Å². The minimum absolute atomic E-state index is 0.0577. The van der Waals surface area contributed by atoms with Crippen LogP contribution in [0.3, 0.4) is 0 Å². The first-order valence-corrected chi connectivity index (χ1v) is 10.1. The van der Waals surface area contributed by atoms with Gasteiger partial charge in [-0.2, -0.15) is 0 Å². The fourth-order valence-corrected chi connectivity index (χ4v) is 3.39. The molecule has 2 aromatic carbocycles. The first-order chi connectivity index (χ1) is 14.1. The molecule has 0 saturated carbocycles. The molecule has 30 heavy (non-hydrogen) atoms. The van der Waals surface area contributed by atoms with Gasteiger partial charge in [-0.1, -0.05) is 47.5 Å². The van der Waals surface area contributed by atoms with E-state index in [9.17, 15) is 19.7 Å². The number of nitro groups is 1. The van der Waals surface area contributed by atoms with Gasteiger partial charge in [0.2, 0.25) is 11.8 Å². The third-order valence-electron chi connectivity index (χ3n) is 4.48. The van der Waals surface area contributed by atoms with Gasteiger partial charge in [0.05, 0.1) is 11.3 Å². The minimum atomic E-state index is -0.811. The molecule has 7 nitrogen and oxygen atoms in total. The SMILES string of the molecule is CC(C)NC(=O)[C@H](C)N(Cc1ccc(Cl)cc1Cl)C(=O)Cc1ccccc1[N+](=O)[O-]. The van der Waals surface area contributed by atoms with Gasteiger partial charge in [0.25, 0.3) is 5.69 Å². The number of para-hydroxylation sites is 1. The molecule has 2 aromatic rings. The Morgan fingerprint density at radius 2 is 1.77 bits per heavy atom. The predicted octanol–water partition coefficient (Wildman–Crippen LogP) is 4.39. The average Bonchev–Trinajstić information content (AvgIpc) is 2.66. The maximum atomic E-state index is 13.2. The number of rotatable bonds is 8. The van der Waals surface area contributed by atoms with Gasteiger partial charge in [0, 0.05) is 34.3 Å². The van der Waals surface area contributed by atoms with Gasteiger partial charge < -0.3 is 10.2 Å². The molecule has 9 heteroatoms. The Morgan fingerprint density at radius 1 is 1.10 bits per heavy atom. The molecule has 0 spiro atoms. The van der Waals surface area contributed by atoms with Crippen molar-refractivity contribution in [1.29, 1.82) is 0 Å². The third kappa shape index (κ3) is 6.18. The van der Waals surface area contributed by atoms with E-state index in [2.05, 4.69) is 5.32 Å². The summed E-state index contributed by atoms with van der Waals surface area (Å²) >= 11 is 12.2. The molecule has 0 radical (unpaired) electrons. The van der Waals surface area contributed by atoms with Gasteiger partial charge >= 0.3 is 0 Å². The van der Waals surface area contributed by atoms with Crippen molar-refractivity contribution in [2.75, 3.05) is 0 Å². The van der Waals surface area contributed by atoms with Crippen molar-refractivity contribution in [2.24, 2.45) is 0 Å². The van der Waals surface area contributed by atoms with Crippen LogP contribution >= 0.6 is 23.2 Å². The molecule has 1 atom stereocenters. The van der Waals surface area contributed by atoms with Gasteiger partial charge in [-0.25, -0.2) is 0 Å². The molecule has 0 aromatic heterocycles. The summed E-state index contributed by atoms with van der Waals surface area (Å²) in [6.07, 6.45) is -0.221. The number of nitrogens with zero attached hydrogens (tertiary/aromatic N) is 2. The summed E-state index contributed by atoms with van der Waals surface area (Å²) < 4.78 is 0. The third-order valence-corrected chi connectivity index (χ3v) is 5.07. The van der Waals surface area contributed by atoms with Crippen LogP contribution in [0.5, 0.6) is 0 Å². The molecular formula is C21H23Cl2N3O4. The van der Waals surface area contributed by atoms with E-state index in [1.165, 1.54) is 23.1 Å². The first-order valence-electron chi connectivity index (χ1n) is 9.36. The Labute approximate surface area is 185 Å². The summed E-state index contributed by atoms with van der Waals surface area (Å²) in [5, 5.41) is 14.9. The molecule has 0 fully saturated rings. The highest BCUT2D eigenvalue weighted by Crippen LogP contribution is 2.25. The summed E-state index contributed by atoms with van der Waals surface area (Å²) in [6, 6.07) is 10.0. The maximum absolute atomic E-state index is 13.2. The van der Waals surface area contributed by atoms with Gasteiger partial charge in [-0.05, 0) is 38.5 Å². The van der Waals surface area contributed by atoms with Crippen LogP contribution < -0.4 is 5.32 Å². The molecule has 0 heterocycles. The van der Waals surface area contributed by atoms with Gasteiger partial charge in [-0.3, -0.25) is 19.7 Å².